The second kappa shape index (κ2) is 13.4. The van der Waals surface area contributed by atoms with Crippen LogP contribution in [0.25, 0.3) is 16.8 Å². The lowest BCUT2D eigenvalue weighted by molar-refractivity contribution is 0.123. The maximum absolute atomic E-state index is 13.3. The molecule has 7 rings (SSSR count). The summed E-state index contributed by atoms with van der Waals surface area (Å²) < 4.78 is 29.6. The van der Waals surface area contributed by atoms with E-state index in [-0.39, 0.29) is 0 Å². The average Bonchev–Trinajstić information content (AvgIpc) is 3.20. The third-order valence-electron chi connectivity index (χ3n) is 9.82. The molecule has 0 saturated heterocycles. The Kier molecular flexibility index (Phi) is 8.83. The molecule has 1 N–H and O–H groups in total. The Hall–Kier alpha value is -5.92. The average molecular weight is 680 g/mol. The summed E-state index contributed by atoms with van der Waals surface area (Å²) in [7, 11) is 10.6. The van der Waals surface area contributed by atoms with Gasteiger partial charge in [0.2, 0.25) is 0 Å². The minimum absolute atomic E-state index is 0.622. The lowest BCUT2D eigenvalue weighted by Crippen LogP contribution is -2.36. The van der Waals surface area contributed by atoms with Gasteiger partial charge in [0, 0.05) is 47.4 Å². The van der Waals surface area contributed by atoms with Gasteiger partial charge in [-0.1, -0.05) is 60.7 Å². The molecule has 0 saturated carbocycles. The highest BCUT2D eigenvalue weighted by Crippen LogP contribution is 2.51. The minimum atomic E-state index is -1.60. The molecule has 0 aromatic heterocycles. The summed E-state index contributed by atoms with van der Waals surface area (Å²) in [6.07, 6.45) is 4.16. The van der Waals surface area contributed by atoms with Crippen LogP contribution in [0.4, 0.5) is 5.69 Å². The highest BCUT2D eigenvalue weighted by atomic mass is 16.5. The van der Waals surface area contributed by atoms with Crippen molar-refractivity contribution in [3.63, 3.8) is 0 Å². The molecule has 0 amide bonds. The SMILES string of the molecule is COc1ccc(C2(c3ccc(N(C)C)cc3)C=Cc3c(C(O)(c4ccc(OC)cc4)c4ccc(OC)cc4)cc4ccc(OC)cc4c3O2)cc1. The Morgan fingerprint density at radius 2 is 1.06 bits per heavy atom. The van der Waals surface area contributed by atoms with E-state index in [0.29, 0.717) is 39.7 Å². The molecule has 7 nitrogen and oxygen atoms in total. The van der Waals surface area contributed by atoms with Gasteiger partial charge in [-0.3, -0.25) is 0 Å². The lowest BCUT2D eigenvalue weighted by Gasteiger charge is -2.39. The van der Waals surface area contributed by atoms with E-state index in [2.05, 4.69) is 41.3 Å². The molecule has 1 aliphatic rings. The number of hydrogen-bond acceptors (Lipinski definition) is 7. The van der Waals surface area contributed by atoms with Crippen LogP contribution in [0.2, 0.25) is 0 Å². The molecule has 0 bridgehead atoms. The van der Waals surface area contributed by atoms with Crippen LogP contribution in [0.1, 0.15) is 33.4 Å². The largest absolute Gasteiger partial charge is 0.497 e. The third kappa shape index (κ3) is 5.79. The number of methoxy groups -OCH3 is 4. The molecule has 0 aliphatic carbocycles. The summed E-state index contributed by atoms with van der Waals surface area (Å²) in [5.41, 5.74) is 3.07. The lowest BCUT2D eigenvalue weighted by atomic mass is 9.75. The molecule has 1 aliphatic heterocycles. The van der Waals surface area contributed by atoms with Crippen LogP contribution in [0, 0.1) is 0 Å². The summed E-state index contributed by atoms with van der Waals surface area (Å²) in [5, 5.41) is 15.0. The van der Waals surface area contributed by atoms with Gasteiger partial charge < -0.3 is 33.7 Å². The standard InChI is InChI=1S/C44H41NO6/c1-45(2)34-16-8-30(9-17-34)43(31-10-19-35(47-3)20-11-31)26-25-39-41(27-29-7-18-38(50-6)28-40(29)42(39)51-43)44(46,32-12-21-36(48-4)22-13-32)33-14-23-37(49-5)24-15-33/h7-28,46H,1-6H3. The fraction of sp³-hybridized carbons (Fsp3) is 0.182. The summed E-state index contributed by atoms with van der Waals surface area (Å²) in [5.74, 6) is 3.45. The first-order valence-electron chi connectivity index (χ1n) is 16.7. The van der Waals surface area contributed by atoms with Gasteiger partial charge >= 0.3 is 0 Å². The van der Waals surface area contributed by atoms with Crippen molar-refractivity contribution in [1.82, 2.24) is 0 Å². The van der Waals surface area contributed by atoms with Crippen molar-refractivity contribution in [2.75, 3.05) is 47.4 Å². The van der Waals surface area contributed by atoms with Crippen LogP contribution < -0.4 is 28.6 Å². The van der Waals surface area contributed by atoms with E-state index < -0.39 is 11.2 Å². The highest BCUT2D eigenvalue weighted by Gasteiger charge is 2.42. The van der Waals surface area contributed by atoms with Crippen molar-refractivity contribution in [2.45, 2.75) is 11.2 Å². The van der Waals surface area contributed by atoms with Crippen LogP contribution in [-0.2, 0) is 11.2 Å². The van der Waals surface area contributed by atoms with E-state index in [4.69, 9.17) is 23.7 Å². The van der Waals surface area contributed by atoms with Gasteiger partial charge in [-0.05, 0) is 89.3 Å². The zero-order chi connectivity index (χ0) is 35.8. The number of ether oxygens (including phenoxy) is 5. The first-order valence-corrected chi connectivity index (χ1v) is 16.7. The smallest absolute Gasteiger partial charge is 0.178 e. The Morgan fingerprint density at radius 3 is 1.55 bits per heavy atom. The number of anilines is 1. The number of benzene rings is 6. The van der Waals surface area contributed by atoms with Gasteiger partial charge in [-0.15, -0.1) is 0 Å². The fourth-order valence-corrected chi connectivity index (χ4v) is 6.92. The number of fused-ring (bicyclic) bond motifs is 3. The highest BCUT2D eigenvalue weighted by molar-refractivity contribution is 5.96. The molecule has 1 unspecified atom stereocenters. The first-order chi connectivity index (χ1) is 24.7. The molecular formula is C44H41NO6. The number of hydrogen-bond donors (Lipinski definition) is 1. The third-order valence-corrected chi connectivity index (χ3v) is 9.82. The summed E-state index contributed by atoms with van der Waals surface area (Å²) in [6.45, 7) is 0. The van der Waals surface area contributed by atoms with Crippen molar-refractivity contribution < 1.29 is 28.8 Å². The predicted octanol–water partition coefficient (Wildman–Crippen LogP) is 8.57. The van der Waals surface area contributed by atoms with Crippen LogP contribution in [0.3, 0.4) is 0 Å². The van der Waals surface area contributed by atoms with E-state index in [1.165, 1.54) is 0 Å². The molecule has 7 heteroatoms. The van der Waals surface area contributed by atoms with Crippen LogP contribution in [-0.4, -0.2) is 47.6 Å². The molecule has 258 valence electrons. The van der Waals surface area contributed by atoms with Crippen LogP contribution in [0.15, 0.2) is 127 Å². The van der Waals surface area contributed by atoms with Crippen molar-refractivity contribution in [2.24, 2.45) is 0 Å². The van der Waals surface area contributed by atoms with Crippen molar-refractivity contribution in [3.8, 4) is 28.7 Å². The Morgan fingerprint density at radius 1 is 0.588 bits per heavy atom. The molecule has 6 aromatic rings. The van der Waals surface area contributed by atoms with E-state index >= 15 is 0 Å². The second-order valence-electron chi connectivity index (χ2n) is 12.8. The molecule has 0 fully saturated rings. The molecule has 1 atom stereocenters. The van der Waals surface area contributed by atoms with Crippen molar-refractivity contribution >= 4 is 22.5 Å². The Balaban J connectivity index is 1.53. The number of nitrogens with zero attached hydrogens (tertiary/aromatic N) is 1. The molecular weight excluding hydrogens is 638 g/mol. The Bertz CT molecular complexity index is 2140. The monoisotopic (exact) mass is 679 g/mol. The summed E-state index contributed by atoms with van der Waals surface area (Å²) >= 11 is 0. The van der Waals surface area contributed by atoms with Crippen LogP contribution >= 0.6 is 0 Å². The zero-order valence-electron chi connectivity index (χ0n) is 29.6. The van der Waals surface area contributed by atoms with Gasteiger partial charge in [-0.2, -0.15) is 0 Å². The van der Waals surface area contributed by atoms with Gasteiger partial charge in [0.25, 0.3) is 0 Å². The molecule has 0 radical (unpaired) electrons. The maximum Gasteiger partial charge on any atom is 0.178 e. The van der Waals surface area contributed by atoms with E-state index in [0.717, 1.165) is 38.9 Å². The van der Waals surface area contributed by atoms with E-state index in [1.807, 2.05) is 111 Å². The normalized spacial score (nSPS) is 15.1. The summed E-state index contributed by atoms with van der Waals surface area (Å²) in [6, 6.07) is 39.4. The predicted molar refractivity (Wildman–Crippen MR) is 203 cm³/mol. The topological polar surface area (TPSA) is 69.6 Å². The van der Waals surface area contributed by atoms with Crippen LogP contribution in [0.5, 0.6) is 28.7 Å². The van der Waals surface area contributed by atoms with Gasteiger partial charge in [0.1, 0.15) is 34.3 Å². The second-order valence-corrected chi connectivity index (χ2v) is 12.8. The van der Waals surface area contributed by atoms with E-state index in [1.54, 1.807) is 28.4 Å². The Labute approximate surface area is 298 Å². The number of rotatable bonds is 10. The van der Waals surface area contributed by atoms with Crippen molar-refractivity contribution in [1.29, 1.82) is 0 Å². The molecule has 51 heavy (non-hydrogen) atoms. The van der Waals surface area contributed by atoms with Gasteiger partial charge in [0.15, 0.2) is 5.60 Å². The maximum atomic E-state index is 13.3. The molecule has 0 spiro atoms. The van der Waals surface area contributed by atoms with Crippen molar-refractivity contribution in [3.05, 3.63) is 161 Å². The quantitative estimate of drug-likeness (QED) is 0.146. The number of aliphatic hydroxyl groups is 1. The van der Waals surface area contributed by atoms with Gasteiger partial charge in [-0.25, -0.2) is 0 Å². The molecule has 6 aromatic carbocycles. The fourth-order valence-electron chi connectivity index (χ4n) is 6.92. The molecule has 1 heterocycles. The minimum Gasteiger partial charge on any atom is -0.497 e. The van der Waals surface area contributed by atoms with Gasteiger partial charge in [0.05, 0.1) is 28.4 Å². The first kappa shape index (κ1) is 33.6. The van der Waals surface area contributed by atoms with E-state index in [9.17, 15) is 5.11 Å². The summed E-state index contributed by atoms with van der Waals surface area (Å²) in [4.78, 5) is 2.07. The zero-order valence-corrected chi connectivity index (χ0v) is 29.6.